The van der Waals surface area contributed by atoms with Crippen LogP contribution in [0.2, 0.25) is 5.02 Å². The highest BCUT2D eigenvalue weighted by Crippen LogP contribution is 2.30. The van der Waals surface area contributed by atoms with Crippen molar-refractivity contribution < 1.29 is 9.72 Å². The molecule has 0 aliphatic rings. The molecule has 0 unspecified atom stereocenters. The number of H-pyrrole nitrogens is 1. The number of para-hydroxylation sites is 1. The minimum atomic E-state index is -0.696. The molecule has 5 rings (SSSR count). The van der Waals surface area contributed by atoms with Gasteiger partial charge in [-0.15, -0.1) is 0 Å². The van der Waals surface area contributed by atoms with Crippen LogP contribution in [0, 0.1) is 10.1 Å². The topological polar surface area (TPSA) is 136 Å². The molecule has 0 saturated heterocycles. The SMILES string of the molecule is O=C(Nn1c(-c2ccccc2[N+](=O)[O-])nc2c(-c3ccccc3)n[nH]c2c1=O)c1ccccc1Cl. The van der Waals surface area contributed by atoms with E-state index < -0.39 is 16.4 Å². The van der Waals surface area contributed by atoms with E-state index >= 15 is 0 Å². The van der Waals surface area contributed by atoms with E-state index in [2.05, 4.69) is 20.6 Å². The Balaban J connectivity index is 1.78. The molecule has 0 saturated carbocycles. The lowest BCUT2D eigenvalue weighted by Crippen LogP contribution is -2.35. The van der Waals surface area contributed by atoms with Gasteiger partial charge in [-0.3, -0.25) is 30.2 Å². The molecule has 5 aromatic rings. The summed E-state index contributed by atoms with van der Waals surface area (Å²) >= 11 is 6.15. The summed E-state index contributed by atoms with van der Waals surface area (Å²) in [6, 6.07) is 21.2. The van der Waals surface area contributed by atoms with Gasteiger partial charge in [-0.2, -0.15) is 9.77 Å². The van der Waals surface area contributed by atoms with E-state index in [-0.39, 0.29) is 38.7 Å². The fourth-order valence-corrected chi connectivity index (χ4v) is 3.89. The second-order valence-electron chi connectivity index (χ2n) is 7.43. The molecular formula is C24H15ClN6O4. The van der Waals surface area contributed by atoms with Crippen LogP contribution < -0.4 is 11.0 Å². The molecule has 2 heterocycles. The van der Waals surface area contributed by atoms with Crippen molar-refractivity contribution >= 4 is 34.2 Å². The summed E-state index contributed by atoms with van der Waals surface area (Å²) in [5, 5.41) is 18.8. The van der Waals surface area contributed by atoms with Crippen molar-refractivity contribution in [1.82, 2.24) is 19.9 Å². The number of hydrogen-bond donors (Lipinski definition) is 2. The van der Waals surface area contributed by atoms with Crippen LogP contribution in [0.3, 0.4) is 0 Å². The lowest BCUT2D eigenvalue weighted by molar-refractivity contribution is -0.384. The van der Waals surface area contributed by atoms with Crippen LogP contribution in [0.1, 0.15) is 10.4 Å². The Hall–Kier alpha value is -4.83. The third-order valence-electron chi connectivity index (χ3n) is 5.31. The van der Waals surface area contributed by atoms with Crippen molar-refractivity contribution in [3.05, 3.63) is 110 Å². The number of benzene rings is 3. The van der Waals surface area contributed by atoms with Crippen molar-refractivity contribution in [2.75, 3.05) is 5.43 Å². The molecule has 0 spiro atoms. The molecule has 0 atom stereocenters. The number of aromatic amines is 1. The molecule has 0 fully saturated rings. The summed E-state index contributed by atoms with van der Waals surface area (Å²) in [6.07, 6.45) is 0. The molecule has 0 radical (unpaired) electrons. The third-order valence-corrected chi connectivity index (χ3v) is 5.64. The van der Waals surface area contributed by atoms with Crippen LogP contribution in [0.25, 0.3) is 33.7 Å². The monoisotopic (exact) mass is 486 g/mol. The number of hydrogen-bond acceptors (Lipinski definition) is 6. The quantitative estimate of drug-likeness (QED) is 0.279. The van der Waals surface area contributed by atoms with Crippen molar-refractivity contribution in [3.63, 3.8) is 0 Å². The lowest BCUT2D eigenvalue weighted by atomic mass is 10.1. The zero-order valence-electron chi connectivity index (χ0n) is 17.8. The first kappa shape index (κ1) is 22.0. The van der Waals surface area contributed by atoms with Crippen LogP contribution in [0.15, 0.2) is 83.7 Å². The third kappa shape index (κ3) is 3.91. The average Bonchev–Trinajstić information content (AvgIpc) is 3.30. The normalized spacial score (nSPS) is 10.9. The molecule has 1 amide bonds. The number of halogens is 1. The number of nitro groups is 1. The Bertz CT molecular complexity index is 1660. The highest BCUT2D eigenvalue weighted by Gasteiger charge is 2.25. The maximum atomic E-state index is 13.5. The molecule has 3 aromatic carbocycles. The first-order valence-corrected chi connectivity index (χ1v) is 10.7. The van der Waals surface area contributed by atoms with Gasteiger partial charge < -0.3 is 0 Å². The second-order valence-corrected chi connectivity index (χ2v) is 7.84. The lowest BCUT2D eigenvalue weighted by Gasteiger charge is -2.14. The fraction of sp³-hybridized carbons (Fsp3) is 0. The van der Waals surface area contributed by atoms with Gasteiger partial charge in [-0.1, -0.05) is 66.2 Å². The molecule has 2 N–H and O–H groups in total. The van der Waals surface area contributed by atoms with E-state index in [0.29, 0.717) is 11.3 Å². The van der Waals surface area contributed by atoms with E-state index in [1.165, 1.54) is 30.3 Å². The van der Waals surface area contributed by atoms with Gasteiger partial charge in [-0.05, 0) is 18.2 Å². The first-order valence-electron chi connectivity index (χ1n) is 10.3. The number of aromatic nitrogens is 4. The Morgan fingerprint density at radius 1 is 1.00 bits per heavy atom. The summed E-state index contributed by atoms with van der Waals surface area (Å²) in [6.45, 7) is 0. The molecular weight excluding hydrogens is 472 g/mol. The van der Waals surface area contributed by atoms with E-state index in [1.807, 2.05) is 18.2 Å². The highest BCUT2D eigenvalue weighted by atomic mass is 35.5. The molecule has 0 aliphatic heterocycles. The van der Waals surface area contributed by atoms with Gasteiger partial charge in [0.15, 0.2) is 11.3 Å². The summed E-state index contributed by atoms with van der Waals surface area (Å²) in [5.41, 5.74) is 2.97. The first-order chi connectivity index (χ1) is 17.0. The van der Waals surface area contributed by atoms with Crippen LogP contribution >= 0.6 is 11.6 Å². The maximum absolute atomic E-state index is 13.5. The summed E-state index contributed by atoms with van der Waals surface area (Å²) in [7, 11) is 0. The van der Waals surface area contributed by atoms with Crippen LogP contribution in [-0.4, -0.2) is 30.7 Å². The second kappa shape index (κ2) is 8.84. The number of carbonyl (C=O) groups excluding carboxylic acids is 1. The largest absolute Gasteiger partial charge is 0.298 e. The average molecular weight is 487 g/mol. The number of nitrogens with one attached hydrogen (secondary N) is 2. The van der Waals surface area contributed by atoms with E-state index in [9.17, 15) is 19.7 Å². The van der Waals surface area contributed by atoms with Gasteiger partial charge in [0.25, 0.3) is 17.2 Å². The Kier molecular flexibility index (Phi) is 5.55. The Morgan fingerprint density at radius 2 is 1.69 bits per heavy atom. The maximum Gasteiger partial charge on any atom is 0.298 e. The number of nitro benzene ring substituents is 1. The van der Waals surface area contributed by atoms with E-state index in [4.69, 9.17) is 11.6 Å². The Morgan fingerprint density at radius 3 is 2.43 bits per heavy atom. The minimum absolute atomic E-state index is 0.0191. The highest BCUT2D eigenvalue weighted by molar-refractivity contribution is 6.34. The summed E-state index contributed by atoms with van der Waals surface area (Å²) < 4.78 is 0.864. The predicted octanol–water partition coefficient (Wildman–Crippen LogP) is 4.40. The number of carbonyl (C=O) groups is 1. The molecule has 172 valence electrons. The van der Waals surface area contributed by atoms with Crippen LogP contribution in [-0.2, 0) is 0 Å². The number of rotatable bonds is 5. The van der Waals surface area contributed by atoms with Crippen LogP contribution in [0.4, 0.5) is 5.69 Å². The number of nitrogens with zero attached hydrogens (tertiary/aromatic N) is 4. The van der Waals surface area contributed by atoms with Crippen LogP contribution in [0.5, 0.6) is 0 Å². The summed E-state index contributed by atoms with van der Waals surface area (Å²) in [5.74, 6) is -0.824. The van der Waals surface area contributed by atoms with Crippen molar-refractivity contribution in [3.8, 4) is 22.6 Å². The van der Waals surface area contributed by atoms with Gasteiger partial charge in [-0.25, -0.2) is 4.98 Å². The zero-order chi connectivity index (χ0) is 24.5. The standard InChI is InChI=1S/C24H15ClN6O4/c25-17-12-6-4-10-15(17)23(32)29-30-22(16-11-5-7-13-18(16)31(34)35)26-20-19(14-8-2-1-3-9-14)27-28-21(20)24(30)33/h1-13H,(H,27,28)(H,29,32). The van der Waals surface area contributed by atoms with Crippen molar-refractivity contribution in [2.24, 2.45) is 0 Å². The number of amides is 1. The van der Waals surface area contributed by atoms with Crippen molar-refractivity contribution in [2.45, 2.75) is 0 Å². The minimum Gasteiger partial charge on any atom is -0.270 e. The smallest absolute Gasteiger partial charge is 0.270 e. The molecule has 0 aliphatic carbocycles. The van der Waals surface area contributed by atoms with Gasteiger partial charge in [0.2, 0.25) is 0 Å². The molecule has 0 bridgehead atoms. The fourth-order valence-electron chi connectivity index (χ4n) is 3.67. The van der Waals surface area contributed by atoms with E-state index in [1.54, 1.807) is 30.3 Å². The molecule has 35 heavy (non-hydrogen) atoms. The zero-order valence-corrected chi connectivity index (χ0v) is 18.6. The molecule has 2 aromatic heterocycles. The van der Waals surface area contributed by atoms with Gasteiger partial charge in [0.05, 0.1) is 21.1 Å². The van der Waals surface area contributed by atoms with Gasteiger partial charge in [0.1, 0.15) is 11.2 Å². The summed E-state index contributed by atoms with van der Waals surface area (Å²) in [4.78, 5) is 42.3. The molecule has 11 heteroatoms. The van der Waals surface area contributed by atoms with Gasteiger partial charge in [0, 0.05) is 11.6 Å². The predicted molar refractivity (Wildman–Crippen MR) is 131 cm³/mol. The van der Waals surface area contributed by atoms with E-state index in [0.717, 1.165) is 4.68 Å². The Labute approximate surface area is 201 Å². The molecule has 10 nitrogen and oxygen atoms in total. The number of fused-ring (bicyclic) bond motifs is 1. The van der Waals surface area contributed by atoms with Crippen molar-refractivity contribution in [1.29, 1.82) is 0 Å². The van der Waals surface area contributed by atoms with Gasteiger partial charge >= 0.3 is 0 Å².